The van der Waals surface area contributed by atoms with E-state index in [1.807, 2.05) is 44.2 Å². The van der Waals surface area contributed by atoms with Gasteiger partial charge >= 0.3 is 12.1 Å². The molecule has 1 saturated heterocycles. The number of carbonyl (C=O) groups is 4. The van der Waals surface area contributed by atoms with Gasteiger partial charge in [-0.1, -0.05) is 44.2 Å². The van der Waals surface area contributed by atoms with Crippen LogP contribution >= 0.6 is 0 Å². The van der Waals surface area contributed by atoms with Gasteiger partial charge in [0.2, 0.25) is 11.8 Å². The van der Waals surface area contributed by atoms with Crippen LogP contribution in [0.2, 0.25) is 0 Å². The number of amides is 3. The van der Waals surface area contributed by atoms with Crippen molar-refractivity contribution in [3.05, 3.63) is 35.9 Å². The first-order chi connectivity index (χ1) is 15.2. The number of carboxylic acid groups (broad SMARTS) is 1. The van der Waals surface area contributed by atoms with Crippen LogP contribution in [0.1, 0.15) is 45.6 Å². The highest BCUT2D eigenvalue weighted by molar-refractivity contribution is 5.90. The van der Waals surface area contributed by atoms with Crippen LogP contribution in [-0.2, 0) is 25.5 Å². The molecule has 32 heavy (non-hydrogen) atoms. The van der Waals surface area contributed by atoms with E-state index in [0.717, 1.165) is 5.56 Å². The second kappa shape index (κ2) is 12.1. The molecule has 0 bridgehead atoms. The highest BCUT2D eigenvalue weighted by Crippen LogP contribution is 2.17. The minimum absolute atomic E-state index is 0.000138. The summed E-state index contributed by atoms with van der Waals surface area (Å²) in [5.74, 6) is -2.44. The first-order valence-electron chi connectivity index (χ1n) is 11.0. The Hall–Kier alpha value is -3.10. The van der Waals surface area contributed by atoms with Gasteiger partial charge in [0.05, 0.1) is 0 Å². The number of benzene rings is 1. The van der Waals surface area contributed by atoms with E-state index in [9.17, 15) is 24.3 Å². The van der Waals surface area contributed by atoms with E-state index < -0.39 is 42.1 Å². The van der Waals surface area contributed by atoms with Crippen LogP contribution in [0.5, 0.6) is 0 Å². The number of ether oxygens (including phenoxy) is 1. The molecule has 4 N–H and O–H groups in total. The van der Waals surface area contributed by atoms with Gasteiger partial charge in [0, 0.05) is 18.9 Å². The van der Waals surface area contributed by atoms with Gasteiger partial charge in [-0.05, 0) is 37.7 Å². The average molecular weight is 448 g/mol. The Bertz CT molecular complexity index is 798. The van der Waals surface area contributed by atoms with Crippen molar-refractivity contribution in [2.75, 3.05) is 6.54 Å². The van der Waals surface area contributed by atoms with Crippen LogP contribution in [0.4, 0.5) is 4.79 Å². The summed E-state index contributed by atoms with van der Waals surface area (Å²) < 4.78 is 5.39. The van der Waals surface area contributed by atoms with E-state index in [1.165, 1.54) is 0 Å². The van der Waals surface area contributed by atoms with Crippen LogP contribution in [0.25, 0.3) is 0 Å². The van der Waals surface area contributed by atoms with E-state index in [1.54, 1.807) is 6.92 Å². The fourth-order valence-corrected chi connectivity index (χ4v) is 3.70. The molecule has 1 aliphatic heterocycles. The third kappa shape index (κ3) is 8.20. The van der Waals surface area contributed by atoms with Crippen LogP contribution in [0.15, 0.2) is 30.3 Å². The molecule has 3 unspecified atom stereocenters. The van der Waals surface area contributed by atoms with Crippen LogP contribution < -0.4 is 16.0 Å². The molecule has 9 heteroatoms. The fourth-order valence-electron chi connectivity index (χ4n) is 3.70. The van der Waals surface area contributed by atoms with Crippen LogP contribution in [0, 0.1) is 11.8 Å². The van der Waals surface area contributed by atoms with E-state index in [2.05, 4.69) is 16.0 Å². The fraction of sp³-hybridized carbons (Fsp3) is 0.565. The number of aliphatic carboxylic acids is 1. The molecule has 4 atom stereocenters. The molecule has 3 amide bonds. The van der Waals surface area contributed by atoms with Gasteiger partial charge in [0.1, 0.15) is 18.2 Å². The predicted octanol–water partition coefficient (Wildman–Crippen LogP) is 1.85. The second-order valence-electron chi connectivity index (χ2n) is 8.64. The predicted molar refractivity (Wildman–Crippen MR) is 118 cm³/mol. The van der Waals surface area contributed by atoms with E-state index in [-0.39, 0.29) is 18.2 Å². The zero-order chi connectivity index (χ0) is 23.7. The summed E-state index contributed by atoms with van der Waals surface area (Å²) in [6.45, 7) is 6.04. The van der Waals surface area contributed by atoms with E-state index in [4.69, 9.17) is 4.74 Å². The molecule has 9 nitrogen and oxygen atoms in total. The lowest BCUT2D eigenvalue weighted by atomic mass is 9.97. The maximum atomic E-state index is 12.8. The molecule has 1 aromatic rings. The van der Waals surface area contributed by atoms with Gasteiger partial charge in [-0.3, -0.25) is 9.59 Å². The normalized spacial score (nSPS) is 18.4. The largest absolute Gasteiger partial charge is 0.480 e. The Labute approximate surface area is 188 Å². The van der Waals surface area contributed by atoms with Crippen molar-refractivity contribution in [3.63, 3.8) is 0 Å². The minimum Gasteiger partial charge on any atom is -0.480 e. The molecule has 0 aliphatic carbocycles. The molecule has 176 valence electrons. The van der Waals surface area contributed by atoms with Crippen molar-refractivity contribution in [1.29, 1.82) is 0 Å². The smallest absolute Gasteiger partial charge is 0.408 e. The number of nitrogens with one attached hydrogen (secondary N) is 3. The molecule has 2 rings (SSSR count). The first kappa shape index (κ1) is 25.2. The number of hydrogen-bond acceptors (Lipinski definition) is 5. The molecule has 1 aliphatic rings. The summed E-state index contributed by atoms with van der Waals surface area (Å²) in [5, 5.41) is 17.2. The summed E-state index contributed by atoms with van der Waals surface area (Å²) in [6.07, 6.45) is 0.214. The van der Waals surface area contributed by atoms with Crippen molar-refractivity contribution in [2.24, 2.45) is 11.8 Å². The van der Waals surface area contributed by atoms with Crippen molar-refractivity contribution in [3.8, 4) is 0 Å². The Balaban J connectivity index is 1.95. The third-order valence-electron chi connectivity index (χ3n) is 5.29. The van der Waals surface area contributed by atoms with Gasteiger partial charge in [-0.2, -0.15) is 0 Å². The third-order valence-corrected chi connectivity index (χ3v) is 5.29. The lowest BCUT2D eigenvalue weighted by Gasteiger charge is -2.24. The SMILES string of the molecule is CC(C)CC(NC(=O)OC(C)Cc1ccccc1)C(=O)NC(C[C@@H]1CCNC1=O)C(=O)O. The molecule has 0 spiro atoms. The monoisotopic (exact) mass is 447 g/mol. The summed E-state index contributed by atoms with van der Waals surface area (Å²) in [7, 11) is 0. The van der Waals surface area contributed by atoms with Gasteiger partial charge in [0.25, 0.3) is 0 Å². The zero-order valence-corrected chi connectivity index (χ0v) is 18.8. The molecule has 1 fully saturated rings. The Morgan fingerprint density at radius 3 is 2.38 bits per heavy atom. The van der Waals surface area contributed by atoms with Crippen molar-refractivity contribution >= 4 is 23.9 Å². The Morgan fingerprint density at radius 1 is 1.12 bits per heavy atom. The number of carboxylic acids is 1. The molecule has 1 heterocycles. The molecule has 0 radical (unpaired) electrons. The Kier molecular flexibility index (Phi) is 9.49. The Morgan fingerprint density at radius 2 is 1.81 bits per heavy atom. The second-order valence-corrected chi connectivity index (χ2v) is 8.64. The lowest BCUT2D eigenvalue weighted by Crippen LogP contribution is -2.53. The van der Waals surface area contributed by atoms with Crippen molar-refractivity contribution < 1.29 is 29.0 Å². The molecular formula is C23H33N3O6. The van der Waals surface area contributed by atoms with Crippen molar-refractivity contribution in [1.82, 2.24) is 16.0 Å². The highest BCUT2D eigenvalue weighted by atomic mass is 16.6. The number of hydrogen-bond donors (Lipinski definition) is 4. The number of carbonyl (C=O) groups excluding carboxylic acids is 3. The average Bonchev–Trinajstić information content (AvgIpc) is 3.11. The van der Waals surface area contributed by atoms with E-state index >= 15 is 0 Å². The summed E-state index contributed by atoms with van der Waals surface area (Å²) >= 11 is 0. The van der Waals surface area contributed by atoms with Gasteiger partial charge in [-0.25, -0.2) is 9.59 Å². The standard InChI is InChI=1S/C23H33N3O6/c1-14(2)11-18(26-23(31)32-15(3)12-16-7-5-4-6-8-16)21(28)25-19(22(29)30)13-17-9-10-24-20(17)27/h4-8,14-15,17-19H,9-13H2,1-3H3,(H,24,27)(H,25,28)(H,26,31)(H,29,30)/t15?,17-,18?,19?/m0/s1. The molecular weight excluding hydrogens is 414 g/mol. The maximum absolute atomic E-state index is 12.8. The van der Waals surface area contributed by atoms with Crippen LogP contribution in [0.3, 0.4) is 0 Å². The first-order valence-corrected chi connectivity index (χ1v) is 11.0. The van der Waals surface area contributed by atoms with Gasteiger partial charge < -0.3 is 25.8 Å². The summed E-state index contributed by atoms with van der Waals surface area (Å²) in [6, 6.07) is 7.40. The van der Waals surface area contributed by atoms with Gasteiger partial charge in [0.15, 0.2) is 0 Å². The number of alkyl carbamates (subject to hydrolysis) is 1. The topological polar surface area (TPSA) is 134 Å². The zero-order valence-electron chi connectivity index (χ0n) is 18.8. The molecule has 0 aromatic heterocycles. The maximum Gasteiger partial charge on any atom is 0.408 e. The minimum atomic E-state index is -1.22. The summed E-state index contributed by atoms with van der Waals surface area (Å²) in [5.41, 5.74) is 1.02. The van der Waals surface area contributed by atoms with Gasteiger partial charge in [-0.15, -0.1) is 0 Å². The lowest BCUT2D eigenvalue weighted by molar-refractivity contribution is -0.143. The molecule has 0 saturated carbocycles. The number of rotatable bonds is 11. The summed E-state index contributed by atoms with van der Waals surface area (Å²) in [4.78, 5) is 48.7. The van der Waals surface area contributed by atoms with E-state index in [0.29, 0.717) is 25.8 Å². The highest BCUT2D eigenvalue weighted by Gasteiger charge is 2.33. The van der Waals surface area contributed by atoms with Crippen LogP contribution in [-0.4, -0.2) is 53.7 Å². The van der Waals surface area contributed by atoms with Crippen molar-refractivity contribution in [2.45, 2.75) is 64.6 Å². The quantitative estimate of drug-likeness (QED) is 0.409. The molecule has 1 aromatic carbocycles.